The highest BCUT2D eigenvalue weighted by atomic mass is 16.6. The Hall–Kier alpha value is -4.55. The largest absolute Gasteiger partial charge is 0.492 e. The van der Waals surface area contributed by atoms with Crippen LogP contribution in [0.4, 0.5) is 10.7 Å². The number of anilines is 1. The van der Waals surface area contributed by atoms with Crippen LogP contribution in [0.2, 0.25) is 0 Å². The fourth-order valence-electron chi connectivity index (χ4n) is 7.74. The number of carbonyl (C=O) groups excluding carboxylic acids is 3. The van der Waals surface area contributed by atoms with Crippen LogP contribution in [0.3, 0.4) is 0 Å². The number of amides is 2. The molecule has 4 bridgehead atoms. The number of aromatic nitrogens is 4. The summed E-state index contributed by atoms with van der Waals surface area (Å²) in [6.45, 7) is 10.3. The summed E-state index contributed by atoms with van der Waals surface area (Å²) in [5.41, 5.74) is 1.48. The summed E-state index contributed by atoms with van der Waals surface area (Å²) in [4.78, 5) is 60.8. The van der Waals surface area contributed by atoms with Crippen molar-refractivity contribution < 1.29 is 28.6 Å². The van der Waals surface area contributed by atoms with Crippen molar-refractivity contribution in [2.24, 2.45) is 17.3 Å². The van der Waals surface area contributed by atoms with Crippen molar-refractivity contribution in [2.45, 2.75) is 110 Å². The molecule has 1 saturated heterocycles. The third kappa shape index (κ3) is 8.68. The van der Waals surface area contributed by atoms with E-state index in [-0.39, 0.29) is 30.3 Å². The zero-order valence-corrected chi connectivity index (χ0v) is 30.4. The lowest BCUT2D eigenvalue weighted by Crippen LogP contribution is -2.57. The average Bonchev–Trinajstić information content (AvgIpc) is 3.70. The van der Waals surface area contributed by atoms with Crippen molar-refractivity contribution in [3.63, 3.8) is 0 Å². The highest BCUT2D eigenvalue weighted by Gasteiger charge is 2.50. The van der Waals surface area contributed by atoms with E-state index in [1.54, 1.807) is 23.4 Å². The van der Waals surface area contributed by atoms with Gasteiger partial charge in [0.15, 0.2) is 5.78 Å². The smallest absolute Gasteiger partial charge is 0.408 e. The van der Waals surface area contributed by atoms with Gasteiger partial charge in [-0.3, -0.25) is 9.59 Å². The number of nitrogens with one attached hydrogen (secondary N) is 2. The van der Waals surface area contributed by atoms with Crippen molar-refractivity contribution >= 4 is 34.8 Å². The number of aryl methyl sites for hydroxylation is 1. The van der Waals surface area contributed by atoms with Crippen LogP contribution >= 0.6 is 0 Å². The maximum absolute atomic E-state index is 14.4. The maximum atomic E-state index is 14.4. The molecule has 274 valence electrons. The molecule has 2 N–H and O–H groups in total. The second kappa shape index (κ2) is 15.8. The Bertz CT molecular complexity index is 1700. The van der Waals surface area contributed by atoms with Crippen molar-refractivity contribution in [3.05, 3.63) is 42.4 Å². The van der Waals surface area contributed by atoms with Gasteiger partial charge in [0.05, 0.1) is 30.2 Å². The van der Waals surface area contributed by atoms with Gasteiger partial charge in [-0.05, 0) is 75.0 Å². The normalized spacial score (nSPS) is 25.9. The second-order valence-electron chi connectivity index (χ2n) is 15.1. The number of hydrogen-bond acceptors (Lipinski definition) is 11. The van der Waals surface area contributed by atoms with Crippen LogP contribution in [0, 0.1) is 17.3 Å². The predicted molar refractivity (Wildman–Crippen MR) is 191 cm³/mol. The molecule has 3 aliphatic rings. The van der Waals surface area contributed by atoms with Gasteiger partial charge in [0.1, 0.15) is 36.3 Å². The van der Waals surface area contributed by atoms with Crippen LogP contribution in [0.15, 0.2) is 36.7 Å². The number of fused-ring (bicyclic) bond motifs is 6. The molecule has 3 aromatic rings. The van der Waals surface area contributed by atoms with E-state index in [1.807, 2.05) is 45.9 Å². The van der Waals surface area contributed by atoms with Gasteiger partial charge in [0.2, 0.25) is 17.7 Å². The van der Waals surface area contributed by atoms with Gasteiger partial charge in [0.25, 0.3) is 0 Å². The van der Waals surface area contributed by atoms with Gasteiger partial charge in [-0.1, -0.05) is 40.5 Å². The molecule has 1 unspecified atom stereocenters. The van der Waals surface area contributed by atoms with E-state index in [0.29, 0.717) is 55.0 Å². The lowest BCUT2D eigenvalue weighted by Gasteiger charge is -2.35. The molecular weight excluding hydrogens is 650 g/mol. The molecule has 6 atom stereocenters. The van der Waals surface area contributed by atoms with Crippen LogP contribution in [0.5, 0.6) is 11.6 Å². The lowest BCUT2D eigenvalue weighted by atomic mass is 9.85. The highest BCUT2D eigenvalue weighted by Crippen LogP contribution is 2.36. The quantitative estimate of drug-likeness (QED) is 0.299. The fourth-order valence-corrected chi connectivity index (χ4v) is 7.74. The molecule has 2 amide bonds. The van der Waals surface area contributed by atoms with Gasteiger partial charge in [-0.15, -0.1) is 0 Å². The molecular formula is C38H51N7O6. The number of rotatable bonds is 7. The number of alkyl carbamates (subject to hydrolysis) is 1. The number of Topliss-reactive ketones (excluding diaryl/α,β-unsaturated/α-hetero) is 1. The standard InChI is InChI=1S/C38H51N7O6/c1-6-27-31-22-45(32(27)23(2)46)35(47)33(38(3,4)5)44-37(48)50-26-13-12-24(20-26)10-7-8-11-29-34(51-31)43-30-21-25(14-15-28(30)42-29)49-19-18-41-36-39-16-9-17-40-36/h9,14-17,21,24,26-27,31-33H,6-8,10-13,18-20,22H2,1-5H3,(H,44,48)(H,39,40,41)/t24?,26-,27-,31+,32-,33-/m1/s1. The van der Waals surface area contributed by atoms with Crippen molar-refractivity contribution in [2.75, 3.05) is 25.0 Å². The van der Waals surface area contributed by atoms with Crippen LogP contribution < -0.4 is 20.1 Å². The number of hydrogen-bond donors (Lipinski definition) is 2. The first kappa shape index (κ1) is 36.2. The van der Waals surface area contributed by atoms with E-state index >= 15 is 0 Å². The molecule has 1 aliphatic carbocycles. The van der Waals surface area contributed by atoms with Crippen LogP contribution in [-0.4, -0.2) is 86.6 Å². The Labute approximate surface area is 299 Å². The summed E-state index contributed by atoms with van der Waals surface area (Å²) in [7, 11) is 0. The topological polar surface area (TPSA) is 158 Å². The second-order valence-corrected chi connectivity index (χ2v) is 15.1. The Kier molecular flexibility index (Phi) is 11.2. The minimum atomic E-state index is -0.899. The first-order valence-corrected chi connectivity index (χ1v) is 18.4. The number of nitrogens with zero attached hydrogens (tertiary/aromatic N) is 5. The Morgan fingerprint density at radius 1 is 1.06 bits per heavy atom. The van der Waals surface area contributed by atoms with E-state index in [4.69, 9.17) is 24.2 Å². The summed E-state index contributed by atoms with van der Waals surface area (Å²) in [5.74, 6) is 1.33. The lowest BCUT2D eigenvalue weighted by molar-refractivity contribution is -0.141. The third-order valence-electron chi connectivity index (χ3n) is 10.3. The monoisotopic (exact) mass is 701 g/mol. The first-order valence-electron chi connectivity index (χ1n) is 18.4. The molecule has 0 spiro atoms. The van der Waals surface area contributed by atoms with Crippen LogP contribution in [0.25, 0.3) is 11.0 Å². The van der Waals surface area contributed by atoms with E-state index in [2.05, 4.69) is 20.6 Å². The Balaban J connectivity index is 1.30. The van der Waals surface area contributed by atoms with Crippen molar-refractivity contribution in [1.29, 1.82) is 0 Å². The van der Waals surface area contributed by atoms with Crippen LogP contribution in [0.1, 0.15) is 85.3 Å². The number of ether oxygens (including phenoxy) is 3. The first-order chi connectivity index (χ1) is 24.5. The molecule has 13 heteroatoms. The van der Waals surface area contributed by atoms with Gasteiger partial charge >= 0.3 is 6.09 Å². The third-order valence-corrected chi connectivity index (χ3v) is 10.3. The number of carbonyl (C=O) groups is 3. The van der Waals surface area contributed by atoms with Gasteiger partial charge < -0.3 is 29.7 Å². The van der Waals surface area contributed by atoms with Gasteiger partial charge in [0, 0.05) is 24.4 Å². The summed E-state index contributed by atoms with van der Waals surface area (Å²) in [6.07, 6.45) is 8.91. The van der Waals surface area contributed by atoms with Gasteiger partial charge in [-0.25, -0.2) is 24.7 Å². The Morgan fingerprint density at radius 2 is 1.86 bits per heavy atom. The summed E-state index contributed by atoms with van der Waals surface area (Å²) in [5, 5.41) is 6.02. The summed E-state index contributed by atoms with van der Waals surface area (Å²) in [6, 6.07) is 5.80. The van der Waals surface area contributed by atoms with Gasteiger partial charge in [-0.2, -0.15) is 0 Å². The SMILES string of the molecule is CC[C@@H]1[C@@H]2CN(C(=O)[C@H](C(C)(C)C)NC(=O)O[C@@H]3CCC(CCCCc4nc5ccc(OCCNc6ncccn6)cc5nc4O2)C3)[C@@H]1C(C)=O. The van der Waals surface area contributed by atoms with Crippen molar-refractivity contribution in [1.82, 2.24) is 30.2 Å². The zero-order valence-electron chi connectivity index (χ0n) is 30.4. The van der Waals surface area contributed by atoms with E-state index < -0.39 is 29.7 Å². The molecule has 6 rings (SSSR count). The predicted octanol–water partition coefficient (Wildman–Crippen LogP) is 5.52. The van der Waals surface area contributed by atoms with Crippen molar-refractivity contribution in [3.8, 4) is 11.6 Å². The molecule has 1 saturated carbocycles. The molecule has 1 aromatic carbocycles. The van der Waals surface area contributed by atoms with Crippen LogP contribution in [-0.2, 0) is 20.7 Å². The number of ketones is 1. The highest BCUT2D eigenvalue weighted by molar-refractivity contribution is 5.92. The maximum Gasteiger partial charge on any atom is 0.408 e. The molecule has 2 aliphatic heterocycles. The zero-order chi connectivity index (χ0) is 36.1. The molecule has 13 nitrogen and oxygen atoms in total. The molecule has 2 aromatic heterocycles. The molecule has 51 heavy (non-hydrogen) atoms. The summed E-state index contributed by atoms with van der Waals surface area (Å²) < 4.78 is 18.6. The van der Waals surface area contributed by atoms with E-state index in [9.17, 15) is 14.4 Å². The summed E-state index contributed by atoms with van der Waals surface area (Å²) >= 11 is 0. The average molecular weight is 702 g/mol. The fraction of sp³-hybridized carbons (Fsp3) is 0.605. The van der Waals surface area contributed by atoms with E-state index in [0.717, 1.165) is 49.7 Å². The molecule has 4 heterocycles. The minimum Gasteiger partial charge on any atom is -0.492 e. The Morgan fingerprint density at radius 3 is 2.61 bits per heavy atom. The molecule has 0 radical (unpaired) electrons. The molecule has 2 fully saturated rings. The number of benzene rings is 1. The van der Waals surface area contributed by atoms with E-state index in [1.165, 1.54) is 6.92 Å². The minimum absolute atomic E-state index is 0.126.